The maximum Gasteiger partial charge on any atom is 0.416 e. The first-order valence-corrected chi connectivity index (χ1v) is 12.4. The lowest BCUT2D eigenvalue weighted by molar-refractivity contribution is -0.137. The van der Waals surface area contributed by atoms with E-state index in [0.29, 0.717) is 41.3 Å². The fraction of sp³-hybridized carbons (Fsp3) is 0.310. The fourth-order valence-corrected chi connectivity index (χ4v) is 4.65. The minimum atomic E-state index is -4.41. The number of carbonyl (C=O) groups excluding carboxylic acids is 2. The lowest BCUT2D eigenvalue weighted by Crippen LogP contribution is -2.35. The molecule has 1 heterocycles. The van der Waals surface area contributed by atoms with Crippen molar-refractivity contribution in [1.29, 1.82) is 0 Å². The molecule has 0 saturated carbocycles. The third-order valence-corrected chi connectivity index (χ3v) is 6.65. The molecule has 0 spiro atoms. The molecule has 0 bridgehead atoms. The third kappa shape index (κ3) is 6.70. The van der Waals surface area contributed by atoms with E-state index in [1.165, 1.54) is 12.1 Å². The molecule has 37 heavy (non-hydrogen) atoms. The van der Waals surface area contributed by atoms with Gasteiger partial charge in [-0.05, 0) is 79.3 Å². The maximum absolute atomic E-state index is 13.1. The van der Waals surface area contributed by atoms with E-state index in [2.05, 4.69) is 15.5 Å². The quantitative estimate of drug-likeness (QED) is 0.389. The smallest absolute Gasteiger partial charge is 0.372 e. The Balaban J connectivity index is 1.39. The van der Waals surface area contributed by atoms with Gasteiger partial charge >= 0.3 is 6.18 Å². The van der Waals surface area contributed by atoms with Crippen molar-refractivity contribution in [3.63, 3.8) is 0 Å². The lowest BCUT2D eigenvalue weighted by atomic mass is 9.93. The number of carbonyl (C=O) groups is 2. The second-order valence-electron chi connectivity index (χ2n) is 9.21. The van der Waals surface area contributed by atoms with E-state index in [1.807, 2.05) is 31.2 Å². The van der Waals surface area contributed by atoms with Crippen molar-refractivity contribution in [2.75, 3.05) is 29.9 Å². The number of alkyl halides is 3. The van der Waals surface area contributed by atoms with Gasteiger partial charge in [-0.25, -0.2) is 0 Å². The van der Waals surface area contributed by atoms with Crippen molar-refractivity contribution in [2.24, 2.45) is 5.92 Å². The normalized spacial score (nSPS) is 14.3. The molecule has 1 aliphatic rings. The third-order valence-electron chi connectivity index (χ3n) is 6.65. The van der Waals surface area contributed by atoms with Crippen LogP contribution in [0, 0.1) is 5.92 Å². The largest absolute Gasteiger partial charge is 0.416 e. The van der Waals surface area contributed by atoms with Gasteiger partial charge in [0, 0.05) is 43.0 Å². The Kier molecular flexibility index (Phi) is 8.16. The Morgan fingerprint density at radius 2 is 1.57 bits per heavy atom. The second-order valence-corrected chi connectivity index (χ2v) is 9.21. The summed E-state index contributed by atoms with van der Waals surface area (Å²) in [6.45, 7) is 4.32. The van der Waals surface area contributed by atoms with Gasteiger partial charge < -0.3 is 15.5 Å². The summed E-state index contributed by atoms with van der Waals surface area (Å²) in [7, 11) is 0. The van der Waals surface area contributed by atoms with Crippen LogP contribution in [-0.4, -0.2) is 31.4 Å². The summed E-state index contributed by atoms with van der Waals surface area (Å²) in [5, 5.41) is 5.75. The van der Waals surface area contributed by atoms with Crippen LogP contribution >= 0.6 is 0 Å². The van der Waals surface area contributed by atoms with E-state index >= 15 is 0 Å². The highest BCUT2D eigenvalue weighted by molar-refractivity contribution is 6.08. The molecule has 1 fully saturated rings. The van der Waals surface area contributed by atoms with Crippen LogP contribution in [-0.2, 0) is 11.0 Å². The molecular weight excluding hydrogens is 479 g/mol. The SMILES string of the molecule is CCNC(=O)CC1CCN(c2ccc(NC(=O)c3ccccc3-c3ccc(C(F)(F)F)cc3)cc2)CC1. The average molecular weight is 510 g/mol. The summed E-state index contributed by atoms with van der Waals surface area (Å²) in [6, 6.07) is 19.2. The number of nitrogens with zero attached hydrogens (tertiary/aromatic N) is 1. The van der Waals surface area contributed by atoms with Gasteiger partial charge in [-0.15, -0.1) is 0 Å². The van der Waals surface area contributed by atoms with Crippen LogP contribution in [0.15, 0.2) is 72.8 Å². The molecule has 5 nitrogen and oxygen atoms in total. The summed E-state index contributed by atoms with van der Waals surface area (Å²) in [5.41, 5.74) is 2.41. The molecule has 0 atom stereocenters. The average Bonchev–Trinajstić information content (AvgIpc) is 2.89. The number of amides is 2. The first kappa shape index (κ1) is 26.3. The number of hydrogen-bond acceptors (Lipinski definition) is 3. The summed E-state index contributed by atoms with van der Waals surface area (Å²) in [6.07, 6.45) is -1.93. The van der Waals surface area contributed by atoms with Gasteiger partial charge in [-0.1, -0.05) is 30.3 Å². The Labute approximate surface area is 214 Å². The Bertz CT molecular complexity index is 1220. The van der Waals surface area contributed by atoms with Crippen LogP contribution in [0.5, 0.6) is 0 Å². The molecule has 2 amide bonds. The van der Waals surface area contributed by atoms with Crippen molar-refractivity contribution in [2.45, 2.75) is 32.4 Å². The number of benzene rings is 3. The number of rotatable bonds is 7. The molecule has 1 aliphatic heterocycles. The van der Waals surface area contributed by atoms with E-state index in [0.717, 1.165) is 43.8 Å². The molecule has 2 N–H and O–H groups in total. The number of halogens is 3. The minimum Gasteiger partial charge on any atom is -0.372 e. The number of nitrogens with one attached hydrogen (secondary N) is 2. The van der Waals surface area contributed by atoms with Crippen LogP contribution in [0.2, 0.25) is 0 Å². The van der Waals surface area contributed by atoms with Gasteiger partial charge in [-0.3, -0.25) is 9.59 Å². The van der Waals surface area contributed by atoms with Gasteiger partial charge in [0.2, 0.25) is 5.91 Å². The summed E-state index contributed by atoms with van der Waals surface area (Å²) in [5.74, 6) is 0.168. The van der Waals surface area contributed by atoms with E-state index in [4.69, 9.17) is 0 Å². The second kappa shape index (κ2) is 11.5. The zero-order valence-electron chi connectivity index (χ0n) is 20.6. The summed E-state index contributed by atoms with van der Waals surface area (Å²) < 4.78 is 38.8. The molecule has 194 valence electrons. The molecule has 0 aliphatic carbocycles. The van der Waals surface area contributed by atoms with Crippen LogP contribution in [0.1, 0.15) is 42.1 Å². The topological polar surface area (TPSA) is 61.4 Å². The Morgan fingerprint density at radius 3 is 2.19 bits per heavy atom. The monoisotopic (exact) mass is 509 g/mol. The van der Waals surface area contributed by atoms with Gasteiger partial charge in [0.1, 0.15) is 0 Å². The summed E-state index contributed by atoms with van der Waals surface area (Å²) in [4.78, 5) is 27.2. The van der Waals surface area contributed by atoms with Crippen LogP contribution < -0.4 is 15.5 Å². The molecule has 3 aromatic rings. The zero-order valence-corrected chi connectivity index (χ0v) is 20.6. The van der Waals surface area contributed by atoms with E-state index in [-0.39, 0.29) is 11.8 Å². The van der Waals surface area contributed by atoms with Crippen molar-refractivity contribution in [1.82, 2.24) is 5.32 Å². The summed E-state index contributed by atoms with van der Waals surface area (Å²) >= 11 is 0. The van der Waals surface area contributed by atoms with E-state index in [1.54, 1.807) is 24.3 Å². The lowest BCUT2D eigenvalue weighted by Gasteiger charge is -2.33. The van der Waals surface area contributed by atoms with Gasteiger partial charge in [-0.2, -0.15) is 13.2 Å². The predicted octanol–water partition coefficient (Wildman–Crippen LogP) is 6.37. The van der Waals surface area contributed by atoms with Gasteiger partial charge in [0.25, 0.3) is 5.91 Å². The fourth-order valence-electron chi connectivity index (χ4n) is 4.65. The first-order valence-electron chi connectivity index (χ1n) is 12.4. The molecule has 3 aromatic carbocycles. The number of hydrogen-bond donors (Lipinski definition) is 2. The number of anilines is 2. The molecule has 0 radical (unpaired) electrons. The molecule has 1 saturated heterocycles. The van der Waals surface area contributed by atoms with Crippen LogP contribution in [0.25, 0.3) is 11.1 Å². The standard InChI is InChI=1S/C29H30F3N3O2/c1-2-33-27(36)19-20-15-17-35(18-16-20)24-13-11-23(12-14-24)34-28(37)26-6-4-3-5-25(26)21-7-9-22(10-8-21)29(30,31)32/h3-14,20H,2,15-19H2,1H3,(H,33,36)(H,34,37). The van der Waals surface area contributed by atoms with Gasteiger partial charge in [0.05, 0.1) is 5.56 Å². The van der Waals surface area contributed by atoms with Crippen molar-refractivity contribution >= 4 is 23.2 Å². The van der Waals surface area contributed by atoms with Crippen LogP contribution in [0.3, 0.4) is 0 Å². The molecular formula is C29H30F3N3O2. The van der Waals surface area contributed by atoms with Crippen molar-refractivity contribution in [3.8, 4) is 11.1 Å². The van der Waals surface area contributed by atoms with E-state index in [9.17, 15) is 22.8 Å². The van der Waals surface area contributed by atoms with Crippen LogP contribution in [0.4, 0.5) is 24.5 Å². The highest BCUT2D eigenvalue weighted by Gasteiger charge is 2.30. The predicted molar refractivity (Wildman–Crippen MR) is 140 cm³/mol. The van der Waals surface area contributed by atoms with Crippen molar-refractivity contribution < 1.29 is 22.8 Å². The molecule has 0 unspecified atom stereocenters. The Morgan fingerprint density at radius 1 is 0.919 bits per heavy atom. The Hall–Kier alpha value is -3.81. The van der Waals surface area contributed by atoms with Crippen molar-refractivity contribution in [3.05, 3.63) is 83.9 Å². The first-order chi connectivity index (χ1) is 17.7. The highest BCUT2D eigenvalue weighted by Crippen LogP contribution is 2.32. The minimum absolute atomic E-state index is 0.112. The molecule has 0 aromatic heterocycles. The molecule has 4 rings (SSSR count). The zero-order chi connectivity index (χ0) is 26.4. The highest BCUT2D eigenvalue weighted by atomic mass is 19.4. The van der Waals surface area contributed by atoms with Gasteiger partial charge in [0.15, 0.2) is 0 Å². The van der Waals surface area contributed by atoms with E-state index < -0.39 is 11.7 Å². The molecule has 8 heteroatoms. The maximum atomic E-state index is 13.1. The number of piperidine rings is 1.